The van der Waals surface area contributed by atoms with E-state index in [0.717, 1.165) is 38.0 Å². The molecule has 0 heterocycles. The highest BCUT2D eigenvalue weighted by Gasteiger charge is 2.43. The van der Waals surface area contributed by atoms with Gasteiger partial charge in [-0.25, -0.2) is 0 Å². The molecule has 0 bridgehead atoms. The molecule has 0 spiro atoms. The molecule has 27 heavy (non-hydrogen) atoms. The summed E-state index contributed by atoms with van der Waals surface area (Å²) in [6.45, 7) is 10.8. The Labute approximate surface area is 165 Å². The lowest BCUT2D eigenvalue weighted by molar-refractivity contribution is -0.169. The predicted octanol–water partition coefficient (Wildman–Crippen LogP) is 5.69. The van der Waals surface area contributed by atoms with Crippen LogP contribution in [0, 0.1) is 35.0 Å². The minimum atomic E-state index is -0.847. The molecule has 2 aliphatic rings. The van der Waals surface area contributed by atoms with Crippen LogP contribution in [0.4, 0.5) is 0 Å². The summed E-state index contributed by atoms with van der Waals surface area (Å²) in [6, 6.07) is 0. The van der Waals surface area contributed by atoms with Crippen molar-refractivity contribution in [2.45, 2.75) is 98.5 Å². The fraction of sp³-hybridized carbons (Fsp3) is 0.913. The van der Waals surface area contributed by atoms with E-state index in [0.29, 0.717) is 12.3 Å². The van der Waals surface area contributed by atoms with Crippen molar-refractivity contribution in [3.05, 3.63) is 0 Å². The lowest BCUT2D eigenvalue weighted by Crippen LogP contribution is -2.41. The number of hydrogen-bond donors (Lipinski definition) is 1. The maximum Gasteiger partial charge on any atom is 0.310 e. The van der Waals surface area contributed by atoms with Gasteiger partial charge in [0, 0.05) is 0 Å². The molecule has 0 aromatic rings. The first-order valence-electron chi connectivity index (χ1n) is 11.1. The Kier molecular flexibility index (Phi) is 7.76. The normalized spacial score (nSPS) is 33.3. The minimum Gasteiger partial charge on any atom is -0.481 e. The molecule has 2 aliphatic carbocycles. The van der Waals surface area contributed by atoms with Gasteiger partial charge in [-0.05, 0) is 55.3 Å². The van der Waals surface area contributed by atoms with E-state index >= 15 is 0 Å². The van der Waals surface area contributed by atoms with Crippen LogP contribution in [0.2, 0.25) is 0 Å². The van der Waals surface area contributed by atoms with E-state index in [1.54, 1.807) is 0 Å². The Morgan fingerprint density at radius 1 is 1.07 bits per heavy atom. The van der Waals surface area contributed by atoms with Crippen molar-refractivity contribution in [1.29, 1.82) is 0 Å². The zero-order chi connectivity index (χ0) is 20.2. The third-order valence-electron chi connectivity index (χ3n) is 6.88. The molecule has 0 aromatic heterocycles. The summed E-state index contributed by atoms with van der Waals surface area (Å²) >= 11 is 0. The van der Waals surface area contributed by atoms with Crippen molar-refractivity contribution in [3.63, 3.8) is 0 Å². The molecule has 0 aliphatic heterocycles. The average molecular weight is 381 g/mol. The van der Waals surface area contributed by atoms with Gasteiger partial charge in [0.2, 0.25) is 0 Å². The molecular weight excluding hydrogens is 340 g/mol. The highest BCUT2D eigenvalue weighted by Crippen LogP contribution is 2.40. The molecule has 0 aromatic carbocycles. The molecule has 2 saturated carbocycles. The number of aliphatic carboxylic acids is 1. The fourth-order valence-corrected chi connectivity index (χ4v) is 5.21. The first kappa shape index (κ1) is 22.2. The van der Waals surface area contributed by atoms with Crippen molar-refractivity contribution in [2.75, 3.05) is 0 Å². The van der Waals surface area contributed by atoms with Crippen LogP contribution in [-0.2, 0) is 14.3 Å². The van der Waals surface area contributed by atoms with Crippen LogP contribution in [0.1, 0.15) is 92.4 Å². The SMILES string of the molecule is CCC1CCC(C(CC(C)(C)C)OC(=O)C2CCCC(C)C2C(=O)O)CC1. The quantitative estimate of drug-likeness (QED) is 0.601. The van der Waals surface area contributed by atoms with Gasteiger partial charge in [-0.3, -0.25) is 9.59 Å². The maximum atomic E-state index is 13.0. The molecule has 156 valence electrons. The van der Waals surface area contributed by atoms with E-state index in [1.165, 1.54) is 19.3 Å². The number of hydrogen-bond acceptors (Lipinski definition) is 3. The van der Waals surface area contributed by atoms with E-state index in [-0.39, 0.29) is 23.4 Å². The Morgan fingerprint density at radius 3 is 2.22 bits per heavy atom. The topological polar surface area (TPSA) is 63.6 Å². The van der Waals surface area contributed by atoms with Crippen molar-refractivity contribution in [1.82, 2.24) is 0 Å². The van der Waals surface area contributed by atoms with E-state index in [9.17, 15) is 14.7 Å². The molecule has 4 atom stereocenters. The molecule has 2 fully saturated rings. The van der Waals surface area contributed by atoms with Crippen LogP contribution in [0.15, 0.2) is 0 Å². The molecule has 0 amide bonds. The van der Waals surface area contributed by atoms with Gasteiger partial charge in [0.1, 0.15) is 6.10 Å². The Morgan fingerprint density at radius 2 is 1.70 bits per heavy atom. The average Bonchev–Trinajstić information content (AvgIpc) is 2.59. The van der Waals surface area contributed by atoms with Gasteiger partial charge in [-0.2, -0.15) is 0 Å². The monoisotopic (exact) mass is 380 g/mol. The number of carboxylic acids is 1. The second-order valence-corrected chi connectivity index (χ2v) is 10.3. The molecule has 4 unspecified atom stereocenters. The van der Waals surface area contributed by atoms with Crippen LogP contribution in [0.3, 0.4) is 0 Å². The molecule has 0 saturated heterocycles. The third-order valence-corrected chi connectivity index (χ3v) is 6.88. The Hall–Kier alpha value is -1.06. The van der Waals surface area contributed by atoms with Gasteiger partial charge >= 0.3 is 11.9 Å². The second-order valence-electron chi connectivity index (χ2n) is 10.3. The summed E-state index contributed by atoms with van der Waals surface area (Å²) in [4.78, 5) is 24.8. The van der Waals surface area contributed by atoms with Crippen LogP contribution in [0.5, 0.6) is 0 Å². The van der Waals surface area contributed by atoms with Gasteiger partial charge < -0.3 is 9.84 Å². The highest BCUT2D eigenvalue weighted by molar-refractivity contribution is 5.81. The summed E-state index contributed by atoms with van der Waals surface area (Å²) in [5.74, 6) is -0.934. The zero-order valence-electron chi connectivity index (χ0n) is 18.0. The Bertz CT molecular complexity index is 499. The number of rotatable bonds is 6. The largest absolute Gasteiger partial charge is 0.481 e. The Balaban J connectivity index is 2.09. The summed E-state index contributed by atoms with van der Waals surface area (Å²) in [6.07, 6.45) is 9.12. The van der Waals surface area contributed by atoms with Gasteiger partial charge in [-0.15, -0.1) is 0 Å². The number of carboxylic acid groups (broad SMARTS) is 1. The molecule has 2 rings (SSSR count). The molecule has 4 nitrogen and oxygen atoms in total. The number of esters is 1. The zero-order valence-corrected chi connectivity index (χ0v) is 18.0. The molecule has 1 N–H and O–H groups in total. The maximum absolute atomic E-state index is 13.0. The van der Waals surface area contributed by atoms with Crippen molar-refractivity contribution >= 4 is 11.9 Å². The van der Waals surface area contributed by atoms with E-state index < -0.39 is 17.8 Å². The lowest BCUT2D eigenvalue weighted by atomic mass is 9.72. The summed E-state index contributed by atoms with van der Waals surface area (Å²) in [7, 11) is 0. The second kappa shape index (κ2) is 9.43. The fourth-order valence-electron chi connectivity index (χ4n) is 5.21. The first-order chi connectivity index (χ1) is 12.6. The number of carbonyl (C=O) groups is 2. The van der Waals surface area contributed by atoms with E-state index in [4.69, 9.17) is 4.74 Å². The van der Waals surface area contributed by atoms with Crippen molar-refractivity contribution in [3.8, 4) is 0 Å². The van der Waals surface area contributed by atoms with Crippen LogP contribution < -0.4 is 0 Å². The van der Waals surface area contributed by atoms with Gasteiger partial charge in [0.05, 0.1) is 11.8 Å². The summed E-state index contributed by atoms with van der Waals surface area (Å²) in [5.41, 5.74) is 0.0820. The summed E-state index contributed by atoms with van der Waals surface area (Å²) < 4.78 is 6.10. The van der Waals surface area contributed by atoms with Crippen LogP contribution in [-0.4, -0.2) is 23.1 Å². The molecule has 4 heteroatoms. The van der Waals surface area contributed by atoms with Gasteiger partial charge in [0.15, 0.2) is 0 Å². The van der Waals surface area contributed by atoms with Crippen molar-refractivity contribution in [2.24, 2.45) is 35.0 Å². The van der Waals surface area contributed by atoms with E-state index in [1.807, 2.05) is 6.92 Å². The molecule has 0 radical (unpaired) electrons. The lowest BCUT2D eigenvalue weighted by Gasteiger charge is -2.38. The van der Waals surface area contributed by atoms with Gasteiger partial charge in [-0.1, -0.05) is 60.3 Å². The first-order valence-corrected chi connectivity index (χ1v) is 11.1. The number of carbonyl (C=O) groups excluding carboxylic acids is 1. The third kappa shape index (κ3) is 6.22. The van der Waals surface area contributed by atoms with Gasteiger partial charge in [0.25, 0.3) is 0 Å². The van der Waals surface area contributed by atoms with E-state index in [2.05, 4.69) is 27.7 Å². The minimum absolute atomic E-state index is 0.0369. The standard InChI is InChI=1S/C23H40O4/c1-6-16-10-12-17(13-11-16)19(14-23(3,4)5)27-22(26)18-9-7-8-15(2)20(18)21(24)25/h15-20H,6-14H2,1-5H3,(H,24,25). The van der Waals surface area contributed by atoms with Crippen molar-refractivity contribution < 1.29 is 19.4 Å². The van der Waals surface area contributed by atoms with Crippen LogP contribution in [0.25, 0.3) is 0 Å². The number of ether oxygens (including phenoxy) is 1. The van der Waals surface area contributed by atoms with Crippen LogP contribution >= 0.6 is 0 Å². The highest BCUT2D eigenvalue weighted by atomic mass is 16.5. The predicted molar refractivity (Wildman–Crippen MR) is 107 cm³/mol. The molecular formula is C23H40O4. The smallest absolute Gasteiger partial charge is 0.310 e. The summed E-state index contributed by atoms with van der Waals surface area (Å²) in [5, 5.41) is 9.65.